The van der Waals surface area contributed by atoms with Gasteiger partial charge in [0.25, 0.3) is 0 Å². The van der Waals surface area contributed by atoms with Gasteiger partial charge < -0.3 is 10.5 Å². The van der Waals surface area contributed by atoms with Crippen molar-refractivity contribution in [3.8, 4) is 11.5 Å². The van der Waals surface area contributed by atoms with Crippen LogP contribution in [0, 0.1) is 6.92 Å². The summed E-state index contributed by atoms with van der Waals surface area (Å²) in [7, 11) is 0. The molecule has 2 N–H and O–H groups in total. The van der Waals surface area contributed by atoms with Gasteiger partial charge in [0.05, 0.1) is 0 Å². The topological polar surface area (TPSA) is 35.2 Å². The van der Waals surface area contributed by atoms with Crippen molar-refractivity contribution in [2.45, 2.75) is 32.7 Å². The Bertz CT molecular complexity index is 519. The number of hydrogen-bond acceptors (Lipinski definition) is 2. The summed E-state index contributed by atoms with van der Waals surface area (Å²) in [6.45, 7) is 4.16. The number of nitrogens with two attached hydrogens (primary N) is 1. The second-order valence-electron chi connectivity index (χ2n) is 4.88. The fourth-order valence-corrected chi connectivity index (χ4v) is 1.94. The Morgan fingerprint density at radius 2 is 1.74 bits per heavy atom. The molecule has 0 heterocycles. The minimum Gasteiger partial charge on any atom is -0.457 e. The maximum absolute atomic E-state index is 5.96. The van der Waals surface area contributed by atoms with Crippen LogP contribution in [0.1, 0.15) is 24.5 Å². The van der Waals surface area contributed by atoms with E-state index >= 15 is 0 Å². The van der Waals surface area contributed by atoms with E-state index in [9.17, 15) is 0 Å². The molecule has 0 aliphatic heterocycles. The molecule has 2 heteroatoms. The molecule has 0 fully saturated rings. The van der Waals surface area contributed by atoms with Gasteiger partial charge in [-0.25, -0.2) is 0 Å². The molecular weight excluding hydrogens is 234 g/mol. The quantitative estimate of drug-likeness (QED) is 0.874. The van der Waals surface area contributed by atoms with Gasteiger partial charge in [-0.2, -0.15) is 0 Å². The van der Waals surface area contributed by atoms with Crippen LogP contribution in [0.25, 0.3) is 0 Å². The summed E-state index contributed by atoms with van der Waals surface area (Å²) in [6, 6.07) is 16.4. The Hall–Kier alpha value is -1.80. The Balaban J connectivity index is 2.05. The number of aryl methyl sites for hydroxylation is 1. The van der Waals surface area contributed by atoms with Crippen LogP contribution < -0.4 is 10.5 Å². The predicted octanol–water partition coefficient (Wildman–Crippen LogP) is 4.07. The van der Waals surface area contributed by atoms with Crippen LogP contribution >= 0.6 is 0 Å². The Kier molecular flexibility index (Phi) is 4.58. The Morgan fingerprint density at radius 3 is 2.37 bits per heavy atom. The van der Waals surface area contributed by atoms with Crippen molar-refractivity contribution in [3.05, 3.63) is 59.7 Å². The third-order valence-electron chi connectivity index (χ3n) is 3.27. The van der Waals surface area contributed by atoms with Gasteiger partial charge in [-0.15, -0.1) is 0 Å². The first-order valence-corrected chi connectivity index (χ1v) is 6.77. The van der Waals surface area contributed by atoms with E-state index in [1.54, 1.807) is 0 Å². The molecule has 0 radical (unpaired) electrons. The van der Waals surface area contributed by atoms with Crippen molar-refractivity contribution < 1.29 is 4.74 Å². The Morgan fingerprint density at radius 1 is 1.05 bits per heavy atom. The fraction of sp³-hybridized carbons (Fsp3) is 0.294. The summed E-state index contributed by atoms with van der Waals surface area (Å²) in [5.74, 6) is 1.77. The van der Waals surface area contributed by atoms with Crippen molar-refractivity contribution in [2.75, 3.05) is 0 Å². The molecule has 0 saturated carbocycles. The largest absolute Gasteiger partial charge is 0.457 e. The van der Waals surface area contributed by atoms with Crippen molar-refractivity contribution in [2.24, 2.45) is 5.73 Å². The van der Waals surface area contributed by atoms with Crippen molar-refractivity contribution in [3.63, 3.8) is 0 Å². The van der Waals surface area contributed by atoms with Gasteiger partial charge in [0.15, 0.2) is 0 Å². The molecule has 0 spiro atoms. The molecular formula is C17H21NO. The second-order valence-corrected chi connectivity index (χ2v) is 4.88. The highest BCUT2D eigenvalue weighted by Crippen LogP contribution is 2.24. The van der Waals surface area contributed by atoms with Crippen LogP contribution in [-0.4, -0.2) is 6.04 Å². The number of benzene rings is 2. The SMILES string of the molecule is CCC(N)Cc1ccc(Oc2ccccc2C)cc1. The van der Waals surface area contributed by atoms with Crippen LogP contribution in [-0.2, 0) is 6.42 Å². The first-order chi connectivity index (χ1) is 9.19. The molecule has 0 aliphatic rings. The molecule has 0 aliphatic carbocycles. The first kappa shape index (κ1) is 13.6. The molecule has 2 aromatic carbocycles. The molecule has 0 aromatic heterocycles. The van der Waals surface area contributed by atoms with E-state index in [1.807, 2.05) is 43.3 Å². The van der Waals surface area contributed by atoms with E-state index in [0.717, 1.165) is 29.9 Å². The molecule has 2 rings (SSSR count). The van der Waals surface area contributed by atoms with Crippen LogP contribution in [0.4, 0.5) is 0 Å². The Labute approximate surface area is 115 Å². The van der Waals surface area contributed by atoms with E-state index in [1.165, 1.54) is 5.56 Å². The van der Waals surface area contributed by atoms with Gasteiger partial charge in [0, 0.05) is 6.04 Å². The van der Waals surface area contributed by atoms with Crippen LogP contribution in [0.5, 0.6) is 11.5 Å². The normalized spacial score (nSPS) is 12.2. The average Bonchev–Trinajstić information content (AvgIpc) is 2.43. The van der Waals surface area contributed by atoms with Crippen LogP contribution in [0.3, 0.4) is 0 Å². The number of rotatable bonds is 5. The van der Waals surface area contributed by atoms with Gasteiger partial charge in [0.2, 0.25) is 0 Å². The summed E-state index contributed by atoms with van der Waals surface area (Å²) in [5.41, 5.74) is 8.35. The van der Waals surface area contributed by atoms with Crippen LogP contribution in [0.2, 0.25) is 0 Å². The van der Waals surface area contributed by atoms with Crippen molar-refractivity contribution in [1.29, 1.82) is 0 Å². The molecule has 2 nitrogen and oxygen atoms in total. The van der Waals surface area contributed by atoms with E-state index < -0.39 is 0 Å². The van der Waals surface area contributed by atoms with Crippen molar-refractivity contribution >= 4 is 0 Å². The third-order valence-corrected chi connectivity index (χ3v) is 3.27. The van der Waals surface area contributed by atoms with Gasteiger partial charge in [-0.1, -0.05) is 37.3 Å². The van der Waals surface area contributed by atoms with E-state index in [-0.39, 0.29) is 6.04 Å². The highest BCUT2D eigenvalue weighted by molar-refractivity contribution is 5.37. The molecule has 19 heavy (non-hydrogen) atoms. The van der Waals surface area contributed by atoms with E-state index in [2.05, 4.69) is 19.1 Å². The van der Waals surface area contributed by atoms with Crippen LogP contribution in [0.15, 0.2) is 48.5 Å². The van der Waals surface area contributed by atoms with E-state index in [0.29, 0.717) is 0 Å². The van der Waals surface area contributed by atoms with Gasteiger partial charge in [0.1, 0.15) is 11.5 Å². The summed E-state index contributed by atoms with van der Waals surface area (Å²) in [4.78, 5) is 0. The van der Waals surface area contributed by atoms with Crippen molar-refractivity contribution in [1.82, 2.24) is 0 Å². The summed E-state index contributed by atoms with van der Waals surface area (Å²) in [5, 5.41) is 0. The summed E-state index contributed by atoms with van der Waals surface area (Å²) in [6.07, 6.45) is 1.92. The molecule has 2 aromatic rings. The third kappa shape index (κ3) is 3.83. The second kappa shape index (κ2) is 6.39. The minimum absolute atomic E-state index is 0.239. The molecule has 0 bridgehead atoms. The lowest BCUT2D eigenvalue weighted by Crippen LogP contribution is -2.21. The lowest BCUT2D eigenvalue weighted by atomic mass is 10.0. The maximum Gasteiger partial charge on any atom is 0.130 e. The highest BCUT2D eigenvalue weighted by atomic mass is 16.5. The summed E-state index contributed by atoms with van der Waals surface area (Å²) < 4.78 is 5.86. The zero-order chi connectivity index (χ0) is 13.7. The average molecular weight is 255 g/mol. The zero-order valence-electron chi connectivity index (χ0n) is 11.6. The van der Waals surface area contributed by atoms with Gasteiger partial charge in [-0.3, -0.25) is 0 Å². The molecule has 1 unspecified atom stereocenters. The lowest BCUT2D eigenvalue weighted by molar-refractivity contribution is 0.478. The lowest BCUT2D eigenvalue weighted by Gasteiger charge is -2.11. The molecule has 1 atom stereocenters. The standard InChI is InChI=1S/C17H21NO/c1-3-15(18)12-14-8-10-16(11-9-14)19-17-7-5-4-6-13(17)2/h4-11,15H,3,12,18H2,1-2H3. The van der Waals surface area contributed by atoms with E-state index in [4.69, 9.17) is 10.5 Å². The highest BCUT2D eigenvalue weighted by Gasteiger charge is 2.03. The summed E-state index contributed by atoms with van der Waals surface area (Å²) >= 11 is 0. The monoisotopic (exact) mass is 255 g/mol. The molecule has 100 valence electrons. The number of ether oxygens (including phenoxy) is 1. The zero-order valence-corrected chi connectivity index (χ0v) is 11.6. The first-order valence-electron chi connectivity index (χ1n) is 6.77. The van der Waals surface area contributed by atoms with Gasteiger partial charge in [-0.05, 0) is 49.1 Å². The number of para-hydroxylation sites is 1. The van der Waals surface area contributed by atoms with Gasteiger partial charge >= 0.3 is 0 Å². The maximum atomic E-state index is 5.96. The molecule has 0 saturated heterocycles. The minimum atomic E-state index is 0.239. The smallest absolute Gasteiger partial charge is 0.130 e. The fourth-order valence-electron chi connectivity index (χ4n) is 1.94. The molecule has 0 amide bonds. The predicted molar refractivity (Wildman–Crippen MR) is 79.7 cm³/mol. The number of hydrogen-bond donors (Lipinski definition) is 1.